The molecule has 3 heteroatoms. The smallest absolute Gasteiger partial charge is 0.0537 e. The Balaban J connectivity index is 2.22. The van der Waals surface area contributed by atoms with Crippen molar-refractivity contribution in [3.63, 3.8) is 0 Å². The van der Waals surface area contributed by atoms with Gasteiger partial charge < -0.3 is 5.32 Å². The highest BCUT2D eigenvalue weighted by atomic mass is 15.3. The largest absolute Gasteiger partial charge is 0.310 e. The van der Waals surface area contributed by atoms with E-state index in [9.17, 15) is 0 Å². The van der Waals surface area contributed by atoms with Gasteiger partial charge in [0.15, 0.2) is 0 Å². The lowest BCUT2D eigenvalue weighted by molar-refractivity contribution is 0.189. The standard InChI is InChI=1S/C16H29N3/c1-4-11-19-13-14(12-18-19)15(17-6-3)16(5-2)9-7-8-10-16/h12-13,15,17H,4-11H2,1-3H3. The first-order valence-electron chi connectivity index (χ1n) is 8.01. The van der Waals surface area contributed by atoms with Crippen molar-refractivity contribution in [3.8, 4) is 0 Å². The molecule has 1 heterocycles. The first kappa shape index (κ1) is 14.6. The van der Waals surface area contributed by atoms with Crippen molar-refractivity contribution in [1.29, 1.82) is 0 Å². The molecule has 2 rings (SSSR count). The molecule has 1 aliphatic rings. The molecule has 1 saturated carbocycles. The van der Waals surface area contributed by atoms with Gasteiger partial charge in [0.2, 0.25) is 0 Å². The highest BCUT2D eigenvalue weighted by molar-refractivity contribution is 5.16. The van der Waals surface area contributed by atoms with Gasteiger partial charge in [-0.1, -0.05) is 33.6 Å². The summed E-state index contributed by atoms with van der Waals surface area (Å²) >= 11 is 0. The summed E-state index contributed by atoms with van der Waals surface area (Å²) in [6.07, 6.45) is 12.2. The van der Waals surface area contributed by atoms with Crippen molar-refractivity contribution in [1.82, 2.24) is 15.1 Å². The van der Waals surface area contributed by atoms with Gasteiger partial charge in [0.25, 0.3) is 0 Å². The van der Waals surface area contributed by atoms with Crippen molar-refractivity contribution in [2.24, 2.45) is 5.41 Å². The molecule has 0 saturated heterocycles. The fourth-order valence-electron chi connectivity index (χ4n) is 3.70. The molecule has 0 bridgehead atoms. The quantitative estimate of drug-likeness (QED) is 0.808. The fraction of sp³-hybridized carbons (Fsp3) is 0.812. The van der Waals surface area contributed by atoms with Gasteiger partial charge in [0, 0.05) is 24.3 Å². The van der Waals surface area contributed by atoms with E-state index in [2.05, 4.69) is 48.3 Å². The Morgan fingerprint density at radius 1 is 1.32 bits per heavy atom. The number of nitrogens with zero attached hydrogens (tertiary/aromatic N) is 2. The summed E-state index contributed by atoms with van der Waals surface area (Å²) in [6.45, 7) is 8.82. The molecule has 1 aromatic rings. The number of aryl methyl sites for hydroxylation is 1. The molecule has 0 spiro atoms. The highest BCUT2D eigenvalue weighted by Gasteiger charge is 2.40. The van der Waals surface area contributed by atoms with Crippen molar-refractivity contribution in [2.75, 3.05) is 6.54 Å². The molecule has 0 amide bonds. The number of nitrogens with one attached hydrogen (secondary N) is 1. The Morgan fingerprint density at radius 2 is 2.05 bits per heavy atom. The first-order chi connectivity index (χ1) is 9.25. The molecule has 19 heavy (non-hydrogen) atoms. The van der Waals surface area contributed by atoms with Crippen LogP contribution in [0.2, 0.25) is 0 Å². The van der Waals surface area contributed by atoms with Crippen LogP contribution in [-0.4, -0.2) is 16.3 Å². The SMILES string of the molecule is CCCn1cc(C(NCC)C2(CC)CCCC2)cn1. The van der Waals surface area contributed by atoms with Crippen molar-refractivity contribution in [3.05, 3.63) is 18.0 Å². The summed E-state index contributed by atoms with van der Waals surface area (Å²) in [5, 5.41) is 8.26. The Bertz CT molecular complexity index is 377. The van der Waals surface area contributed by atoms with E-state index in [-0.39, 0.29) is 0 Å². The minimum atomic E-state index is 0.454. The number of rotatable bonds is 7. The van der Waals surface area contributed by atoms with E-state index >= 15 is 0 Å². The van der Waals surface area contributed by atoms with E-state index in [1.807, 2.05) is 0 Å². The third-order valence-corrected chi connectivity index (χ3v) is 4.76. The summed E-state index contributed by atoms with van der Waals surface area (Å²) in [4.78, 5) is 0. The summed E-state index contributed by atoms with van der Waals surface area (Å²) < 4.78 is 2.10. The van der Waals surface area contributed by atoms with Crippen LogP contribution in [0.3, 0.4) is 0 Å². The fourth-order valence-corrected chi connectivity index (χ4v) is 3.70. The maximum Gasteiger partial charge on any atom is 0.0537 e. The Kier molecular flexibility index (Phi) is 5.03. The van der Waals surface area contributed by atoms with Crippen LogP contribution in [0.5, 0.6) is 0 Å². The van der Waals surface area contributed by atoms with E-state index in [4.69, 9.17) is 0 Å². The molecular formula is C16H29N3. The van der Waals surface area contributed by atoms with Gasteiger partial charge in [-0.25, -0.2) is 0 Å². The lowest BCUT2D eigenvalue weighted by Crippen LogP contribution is -2.36. The number of aromatic nitrogens is 2. The molecule has 1 unspecified atom stereocenters. The third-order valence-electron chi connectivity index (χ3n) is 4.76. The summed E-state index contributed by atoms with van der Waals surface area (Å²) in [7, 11) is 0. The van der Waals surface area contributed by atoms with E-state index in [1.54, 1.807) is 0 Å². The molecule has 1 aromatic heterocycles. The highest BCUT2D eigenvalue weighted by Crippen LogP contribution is 2.49. The van der Waals surface area contributed by atoms with Crippen molar-refractivity contribution in [2.45, 2.75) is 71.9 Å². The molecule has 3 nitrogen and oxygen atoms in total. The molecule has 1 fully saturated rings. The molecule has 1 atom stereocenters. The second-order valence-corrected chi connectivity index (χ2v) is 5.95. The lowest BCUT2D eigenvalue weighted by Gasteiger charge is -2.37. The lowest BCUT2D eigenvalue weighted by atomic mass is 9.74. The van der Waals surface area contributed by atoms with Gasteiger partial charge in [-0.3, -0.25) is 4.68 Å². The number of hydrogen-bond acceptors (Lipinski definition) is 2. The maximum absolute atomic E-state index is 4.52. The Hall–Kier alpha value is -0.830. The van der Waals surface area contributed by atoms with Gasteiger partial charge in [0.05, 0.1) is 6.20 Å². The monoisotopic (exact) mass is 263 g/mol. The topological polar surface area (TPSA) is 29.9 Å². The minimum Gasteiger partial charge on any atom is -0.310 e. The van der Waals surface area contributed by atoms with Crippen LogP contribution in [0.1, 0.15) is 70.9 Å². The van der Waals surface area contributed by atoms with Crippen LogP contribution in [0, 0.1) is 5.41 Å². The summed E-state index contributed by atoms with van der Waals surface area (Å²) in [5.41, 5.74) is 1.84. The average molecular weight is 263 g/mol. The first-order valence-corrected chi connectivity index (χ1v) is 8.01. The average Bonchev–Trinajstić information content (AvgIpc) is 3.06. The van der Waals surface area contributed by atoms with Gasteiger partial charge in [-0.15, -0.1) is 0 Å². The second-order valence-electron chi connectivity index (χ2n) is 5.95. The molecule has 108 valence electrons. The zero-order valence-corrected chi connectivity index (χ0v) is 12.8. The van der Waals surface area contributed by atoms with E-state index in [1.165, 1.54) is 37.7 Å². The molecule has 1 aliphatic carbocycles. The van der Waals surface area contributed by atoms with Crippen LogP contribution >= 0.6 is 0 Å². The van der Waals surface area contributed by atoms with Gasteiger partial charge in [-0.2, -0.15) is 5.10 Å². The molecule has 0 aliphatic heterocycles. The van der Waals surface area contributed by atoms with Gasteiger partial charge in [0.1, 0.15) is 0 Å². The van der Waals surface area contributed by atoms with Crippen LogP contribution in [0.25, 0.3) is 0 Å². The second kappa shape index (κ2) is 6.56. The third kappa shape index (κ3) is 3.02. The van der Waals surface area contributed by atoms with Crippen LogP contribution in [0.15, 0.2) is 12.4 Å². The zero-order valence-electron chi connectivity index (χ0n) is 12.8. The normalized spacial score (nSPS) is 19.7. The van der Waals surface area contributed by atoms with Crippen molar-refractivity contribution >= 4 is 0 Å². The van der Waals surface area contributed by atoms with E-state index in [0.29, 0.717) is 11.5 Å². The molecular weight excluding hydrogens is 234 g/mol. The number of hydrogen-bond donors (Lipinski definition) is 1. The predicted octanol–water partition coefficient (Wildman–Crippen LogP) is 3.91. The Morgan fingerprint density at radius 3 is 2.63 bits per heavy atom. The van der Waals surface area contributed by atoms with Gasteiger partial charge in [-0.05, 0) is 37.6 Å². The zero-order chi connectivity index (χ0) is 13.7. The summed E-state index contributed by atoms with van der Waals surface area (Å²) in [6, 6.07) is 0.482. The Labute approximate surface area is 117 Å². The predicted molar refractivity (Wildman–Crippen MR) is 80.1 cm³/mol. The van der Waals surface area contributed by atoms with E-state index < -0.39 is 0 Å². The van der Waals surface area contributed by atoms with E-state index in [0.717, 1.165) is 19.5 Å². The minimum absolute atomic E-state index is 0.454. The maximum atomic E-state index is 4.52. The molecule has 0 radical (unpaired) electrons. The molecule has 1 N–H and O–H groups in total. The van der Waals surface area contributed by atoms with Crippen molar-refractivity contribution < 1.29 is 0 Å². The van der Waals surface area contributed by atoms with Crippen LogP contribution in [0.4, 0.5) is 0 Å². The molecule has 0 aromatic carbocycles. The van der Waals surface area contributed by atoms with Crippen LogP contribution < -0.4 is 5.32 Å². The van der Waals surface area contributed by atoms with Crippen LogP contribution in [-0.2, 0) is 6.54 Å². The summed E-state index contributed by atoms with van der Waals surface area (Å²) in [5.74, 6) is 0. The van der Waals surface area contributed by atoms with Gasteiger partial charge >= 0.3 is 0 Å².